The molecule has 3 saturated heterocycles. The van der Waals surface area contributed by atoms with Crippen molar-refractivity contribution >= 4 is 45.8 Å². The highest BCUT2D eigenvalue weighted by Gasteiger charge is 2.73. The quantitative estimate of drug-likeness (QED) is 0.188. The molecule has 4 saturated carbocycles. The molecule has 0 radical (unpaired) electrons. The van der Waals surface area contributed by atoms with Crippen molar-refractivity contribution in [1.29, 1.82) is 0 Å². The van der Waals surface area contributed by atoms with Crippen molar-refractivity contribution < 1.29 is 68.7 Å². The Hall–Kier alpha value is -2.14. The third kappa shape index (κ3) is 3.76. The minimum absolute atomic E-state index is 0.152. The molecule has 0 spiro atoms. The maximum absolute atomic E-state index is 15.2. The first-order valence-corrected chi connectivity index (χ1v) is 15.7. The maximum atomic E-state index is 15.2. The Morgan fingerprint density at radius 1 is 0.829 bits per heavy atom. The number of alkyl halides is 4. The van der Waals surface area contributed by atoms with E-state index in [1.807, 2.05) is 0 Å². The average Bonchev–Trinajstić information content (AvgIpc) is 3.70. The number of fused-ring (bicyclic) bond motifs is 2. The van der Waals surface area contributed by atoms with Gasteiger partial charge in [0.1, 0.15) is 34.9 Å². The van der Waals surface area contributed by atoms with Gasteiger partial charge in [-0.3, -0.25) is 23.7 Å². The fourth-order valence-corrected chi connectivity index (χ4v) is 10.3. The topological polar surface area (TPSA) is 160 Å². The fourth-order valence-electron chi connectivity index (χ4n) is 8.32. The summed E-state index contributed by atoms with van der Waals surface area (Å²) < 4.78 is 112. The van der Waals surface area contributed by atoms with E-state index in [1.165, 1.54) is 0 Å². The van der Waals surface area contributed by atoms with Crippen LogP contribution < -0.4 is 0 Å². The van der Waals surface area contributed by atoms with E-state index in [9.17, 15) is 36.4 Å². The van der Waals surface area contributed by atoms with E-state index in [1.54, 1.807) is 0 Å². The molecule has 1 N–H and O–H groups in total. The summed E-state index contributed by atoms with van der Waals surface area (Å²) in [5.41, 5.74) is 0. The normalized spacial score (nSPS) is 45.7. The Labute approximate surface area is 234 Å². The standard InChI is InChI=1S/C24H24F4O11S2/c25-23(26,24(27,28)41(33,34)35)12-5-13(21(31)36-14-6-1-8-10(3-6)19(29)38-16(8)14)40-18(12)22(32)37-15-7-2-9-11(4-7)20(30)39-17(9)15/h6-18H,1-5H2,(H,33,34,35). The Kier molecular flexibility index (Phi) is 5.88. The summed E-state index contributed by atoms with van der Waals surface area (Å²) in [4.78, 5) is 50.4. The Morgan fingerprint density at radius 2 is 1.32 bits per heavy atom. The number of rotatable bonds is 7. The zero-order valence-electron chi connectivity index (χ0n) is 20.9. The van der Waals surface area contributed by atoms with E-state index < -0.39 is 92.4 Å². The SMILES string of the molecule is O=C(OC1C2CC3C(=O)OC1C3C2)C1CC(C(F)(F)C(F)(F)S(=O)(=O)O)C(C(=O)OC2C3CC4C(=O)OC2C4C3)S1. The third-order valence-electron chi connectivity index (χ3n) is 10.1. The molecule has 3 aliphatic heterocycles. The molecule has 7 rings (SSSR count). The molecule has 13 unspecified atom stereocenters. The number of thioether (sulfide) groups is 1. The largest absolute Gasteiger partial charge is 0.458 e. The van der Waals surface area contributed by atoms with Crippen LogP contribution in [0, 0.1) is 41.4 Å². The molecule has 226 valence electrons. The van der Waals surface area contributed by atoms with E-state index >= 15 is 8.78 Å². The number of hydrogen-bond acceptors (Lipinski definition) is 11. The fraction of sp³-hybridized carbons (Fsp3) is 0.833. The molecule has 0 aromatic heterocycles. The molecule has 7 aliphatic rings. The predicted molar refractivity (Wildman–Crippen MR) is 124 cm³/mol. The highest BCUT2D eigenvalue weighted by molar-refractivity contribution is 8.02. The van der Waals surface area contributed by atoms with E-state index in [-0.39, 0.29) is 47.3 Å². The van der Waals surface area contributed by atoms with Crippen LogP contribution in [0.5, 0.6) is 0 Å². The highest BCUT2D eigenvalue weighted by Crippen LogP contribution is 2.58. The summed E-state index contributed by atoms with van der Waals surface area (Å²) in [6.45, 7) is 0. The summed E-state index contributed by atoms with van der Waals surface area (Å²) in [7, 11) is -6.63. The minimum atomic E-state index is -6.63. The van der Waals surface area contributed by atoms with Crippen LogP contribution >= 0.6 is 11.8 Å². The van der Waals surface area contributed by atoms with Gasteiger partial charge in [0.25, 0.3) is 0 Å². The number of ether oxygens (including phenoxy) is 4. The van der Waals surface area contributed by atoms with Crippen LogP contribution in [0.15, 0.2) is 0 Å². The molecule has 0 amide bonds. The van der Waals surface area contributed by atoms with Crippen molar-refractivity contribution in [1.82, 2.24) is 0 Å². The number of esters is 4. The molecule has 0 aromatic carbocycles. The Balaban J connectivity index is 1.12. The lowest BCUT2D eigenvalue weighted by Gasteiger charge is -2.32. The van der Waals surface area contributed by atoms with Crippen molar-refractivity contribution in [3.63, 3.8) is 0 Å². The highest BCUT2D eigenvalue weighted by atomic mass is 32.2. The van der Waals surface area contributed by atoms with Gasteiger partial charge in [-0.15, -0.1) is 11.8 Å². The summed E-state index contributed by atoms with van der Waals surface area (Å²) >= 11 is 0.281. The van der Waals surface area contributed by atoms with Crippen molar-refractivity contribution in [3.8, 4) is 0 Å². The smallest absolute Gasteiger partial charge is 0.431 e. The Bertz CT molecular complexity index is 1340. The van der Waals surface area contributed by atoms with Gasteiger partial charge in [-0.05, 0) is 32.1 Å². The second-order valence-electron chi connectivity index (χ2n) is 12.1. The zero-order valence-corrected chi connectivity index (χ0v) is 22.5. The lowest BCUT2D eigenvalue weighted by Crippen LogP contribution is -2.54. The lowest BCUT2D eigenvalue weighted by atomic mass is 9.87. The summed E-state index contributed by atoms with van der Waals surface area (Å²) in [5, 5.41) is -9.72. The number of halogens is 4. The van der Waals surface area contributed by atoms with Gasteiger partial charge in [0, 0.05) is 23.7 Å². The van der Waals surface area contributed by atoms with Crippen LogP contribution in [-0.2, 0) is 48.2 Å². The van der Waals surface area contributed by atoms with E-state index in [4.69, 9.17) is 23.5 Å². The Morgan fingerprint density at radius 3 is 1.80 bits per heavy atom. The van der Waals surface area contributed by atoms with Crippen molar-refractivity contribution in [2.24, 2.45) is 41.4 Å². The van der Waals surface area contributed by atoms with Crippen LogP contribution in [0.1, 0.15) is 32.1 Å². The molecule has 3 heterocycles. The van der Waals surface area contributed by atoms with Gasteiger partial charge in [0.15, 0.2) is 0 Å². The van der Waals surface area contributed by atoms with Crippen molar-refractivity contribution in [2.75, 3.05) is 0 Å². The van der Waals surface area contributed by atoms with Gasteiger partial charge in [-0.25, -0.2) is 0 Å². The molecule has 4 bridgehead atoms. The van der Waals surface area contributed by atoms with Crippen molar-refractivity contribution in [2.45, 2.75) is 78.2 Å². The first-order valence-electron chi connectivity index (χ1n) is 13.3. The molecule has 41 heavy (non-hydrogen) atoms. The van der Waals surface area contributed by atoms with Crippen LogP contribution in [0.3, 0.4) is 0 Å². The van der Waals surface area contributed by atoms with E-state index in [0.717, 1.165) is 0 Å². The van der Waals surface area contributed by atoms with Gasteiger partial charge in [-0.1, -0.05) is 0 Å². The average molecular weight is 629 g/mol. The minimum Gasteiger partial charge on any atom is -0.458 e. The number of carbonyl (C=O) groups is 4. The first kappa shape index (κ1) is 27.7. The molecule has 4 aliphatic carbocycles. The van der Waals surface area contributed by atoms with Crippen LogP contribution in [0.2, 0.25) is 0 Å². The molecule has 13 atom stereocenters. The van der Waals surface area contributed by atoms with Crippen LogP contribution in [-0.4, -0.2) is 82.9 Å². The third-order valence-corrected chi connectivity index (χ3v) is 12.6. The molecule has 0 aromatic rings. The van der Waals surface area contributed by atoms with Crippen LogP contribution in [0.25, 0.3) is 0 Å². The molecule has 11 nitrogen and oxygen atoms in total. The van der Waals surface area contributed by atoms with Gasteiger partial charge in [-0.2, -0.15) is 26.0 Å². The second kappa shape index (κ2) is 8.71. The predicted octanol–water partition coefficient (Wildman–Crippen LogP) is 1.58. The zero-order chi connectivity index (χ0) is 29.4. The number of hydrogen-bond donors (Lipinski definition) is 1. The van der Waals surface area contributed by atoms with E-state index in [0.29, 0.717) is 25.7 Å². The van der Waals surface area contributed by atoms with Gasteiger partial charge < -0.3 is 18.9 Å². The molecular weight excluding hydrogens is 604 g/mol. The van der Waals surface area contributed by atoms with Gasteiger partial charge in [0.2, 0.25) is 0 Å². The summed E-state index contributed by atoms with van der Waals surface area (Å²) in [5.74, 6) is -13.2. The molecule has 17 heteroatoms. The summed E-state index contributed by atoms with van der Waals surface area (Å²) in [6, 6.07) is 0. The van der Waals surface area contributed by atoms with Crippen LogP contribution in [0.4, 0.5) is 17.6 Å². The van der Waals surface area contributed by atoms with E-state index in [2.05, 4.69) is 0 Å². The monoisotopic (exact) mass is 628 g/mol. The van der Waals surface area contributed by atoms with Crippen molar-refractivity contribution in [3.05, 3.63) is 0 Å². The molecule has 7 fully saturated rings. The maximum Gasteiger partial charge on any atom is 0.431 e. The summed E-state index contributed by atoms with van der Waals surface area (Å²) in [6.07, 6.45) is -2.66. The van der Waals surface area contributed by atoms with Gasteiger partial charge in [0.05, 0.1) is 17.8 Å². The van der Waals surface area contributed by atoms with Gasteiger partial charge >= 0.3 is 45.2 Å². The lowest BCUT2D eigenvalue weighted by molar-refractivity contribution is -0.199. The molecular formula is C24H24F4O11S2. The number of carbonyl (C=O) groups excluding carboxylic acids is 4. The first-order chi connectivity index (χ1) is 19.1. The second-order valence-corrected chi connectivity index (χ2v) is 14.9.